The summed E-state index contributed by atoms with van der Waals surface area (Å²) in [6.07, 6.45) is 3.20. The average Bonchev–Trinajstić information content (AvgIpc) is 2.56. The van der Waals surface area contributed by atoms with E-state index in [0.29, 0.717) is 12.8 Å². The lowest BCUT2D eigenvalue weighted by molar-refractivity contribution is -0.121. The minimum absolute atomic E-state index is 0.126. The fourth-order valence-electron chi connectivity index (χ4n) is 3.34. The van der Waals surface area contributed by atoms with Crippen molar-refractivity contribution in [1.82, 2.24) is 0 Å². The summed E-state index contributed by atoms with van der Waals surface area (Å²) in [6.45, 7) is 7.26. The molecule has 0 aromatic heterocycles. The molecule has 0 saturated carbocycles. The van der Waals surface area contributed by atoms with Gasteiger partial charge in [0.1, 0.15) is 0 Å². The second-order valence-electron chi connectivity index (χ2n) is 6.60. The van der Waals surface area contributed by atoms with E-state index in [0.717, 1.165) is 50.5 Å². The van der Waals surface area contributed by atoms with Crippen LogP contribution in [0.15, 0.2) is 24.3 Å². The van der Waals surface area contributed by atoms with E-state index in [1.54, 1.807) is 0 Å². The molecule has 1 saturated heterocycles. The first-order valence-corrected chi connectivity index (χ1v) is 9.01. The zero-order valence-corrected chi connectivity index (χ0v) is 14.9. The lowest BCUT2D eigenvalue weighted by Crippen LogP contribution is -2.36. The molecule has 0 aliphatic carbocycles. The molecule has 0 bridgehead atoms. The highest BCUT2D eigenvalue weighted by Crippen LogP contribution is 2.25. The summed E-state index contributed by atoms with van der Waals surface area (Å²) in [5.74, 6) is -0.126. The predicted octanol–water partition coefficient (Wildman–Crippen LogP) is 3.18. The number of benzene rings is 1. The van der Waals surface area contributed by atoms with E-state index >= 15 is 0 Å². The highest BCUT2D eigenvalue weighted by atomic mass is 16.5. The predicted molar refractivity (Wildman–Crippen MR) is 97.5 cm³/mol. The molecule has 5 nitrogen and oxygen atoms in total. The third kappa shape index (κ3) is 5.49. The fourth-order valence-corrected chi connectivity index (χ4v) is 3.34. The maximum Gasteiger partial charge on any atom is 0.227 e. The number of nitrogens with zero attached hydrogens (tertiary/aromatic N) is 1. The Bertz CT molecular complexity index is 521. The molecule has 0 unspecified atom stereocenters. The zero-order valence-electron chi connectivity index (χ0n) is 14.9. The van der Waals surface area contributed by atoms with E-state index in [1.165, 1.54) is 0 Å². The van der Waals surface area contributed by atoms with Gasteiger partial charge in [-0.05, 0) is 31.0 Å². The molecular formula is C19H30N2O3. The number of morpholine rings is 1. The summed E-state index contributed by atoms with van der Waals surface area (Å²) in [6, 6.07) is 7.87. The summed E-state index contributed by atoms with van der Waals surface area (Å²) < 4.78 is 5.38. The third-order valence-electron chi connectivity index (χ3n) is 4.43. The van der Waals surface area contributed by atoms with Crippen molar-refractivity contribution in [3.8, 4) is 0 Å². The Morgan fingerprint density at radius 2 is 1.92 bits per heavy atom. The Balaban J connectivity index is 1.98. The highest BCUT2D eigenvalue weighted by Gasteiger charge is 2.28. The molecule has 2 N–H and O–H groups in total. The van der Waals surface area contributed by atoms with Gasteiger partial charge in [0.15, 0.2) is 0 Å². The number of aliphatic hydroxyl groups is 1. The van der Waals surface area contributed by atoms with Crippen LogP contribution in [0.5, 0.6) is 0 Å². The van der Waals surface area contributed by atoms with Crippen LogP contribution in [-0.4, -0.2) is 42.9 Å². The van der Waals surface area contributed by atoms with Gasteiger partial charge in [0, 0.05) is 24.5 Å². The number of hydrogen-bond acceptors (Lipinski definition) is 4. The number of nitrogens with one attached hydrogen (secondary N) is 1. The van der Waals surface area contributed by atoms with Crippen LogP contribution < -0.4 is 10.2 Å². The summed E-state index contributed by atoms with van der Waals surface area (Å²) in [4.78, 5) is 14.6. The second kappa shape index (κ2) is 9.04. The fraction of sp³-hybridized carbons (Fsp3) is 0.632. The van der Waals surface area contributed by atoms with Crippen molar-refractivity contribution in [1.29, 1.82) is 0 Å². The number of carbonyl (C=O) groups excluding carboxylic acids is 1. The lowest BCUT2D eigenvalue weighted by atomic mass is 9.89. The molecule has 5 heteroatoms. The maximum atomic E-state index is 12.4. The van der Waals surface area contributed by atoms with Crippen molar-refractivity contribution in [3.05, 3.63) is 24.3 Å². The van der Waals surface area contributed by atoms with Crippen molar-refractivity contribution in [2.24, 2.45) is 0 Å². The van der Waals surface area contributed by atoms with Crippen LogP contribution in [0.1, 0.15) is 46.0 Å². The molecule has 1 heterocycles. The molecule has 134 valence electrons. The van der Waals surface area contributed by atoms with Crippen LogP contribution in [0, 0.1) is 0 Å². The zero-order chi connectivity index (χ0) is 17.4. The van der Waals surface area contributed by atoms with E-state index in [-0.39, 0.29) is 12.3 Å². The Morgan fingerprint density at radius 3 is 2.54 bits per heavy atom. The van der Waals surface area contributed by atoms with E-state index < -0.39 is 5.60 Å². The van der Waals surface area contributed by atoms with Crippen molar-refractivity contribution >= 4 is 17.3 Å². The van der Waals surface area contributed by atoms with Gasteiger partial charge < -0.3 is 20.1 Å². The number of rotatable bonds is 8. The van der Waals surface area contributed by atoms with Gasteiger partial charge in [-0.15, -0.1) is 0 Å². The van der Waals surface area contributed by atoms with E-state index in [1.807, 2.05) is 38.1 Å². The minimum Gasteiger partial charge on any atom is -0.389 e. The molecule has 1 fully saturated rings. The van der Waals surface area contributed by atoms with Gasteiger partial charge in [-0.25, -0.2) is 0 Å². The van der Waals surface area contributed by atoms with Crippen molar-refractivity contribution in [2.75, 3.05) is 36.5 Å². The molecule has 1 aliphatic rings. The largest absolute Gasteiger partial charge is 0.389 e. The number of hydrogen-bond donors (Lipinski definition) is 2. The first-order valence-electron chi connectivity index (χ1n) is 9.01. The summed E-state index contributed by atoms with van der Waals surface area (Å²) in [7, 11) is 0. The molecule has 24 heavy (non-hydrogen) atoms. The Kier molecular flexibility index (Phi) is 7.06. The van der Waals surface area contributed by atoms with Gasteiger partial charge in [-0.3, -0.25) is 4.79 Å². The van der Waals surface area contributed by atoms with Crippen LogP contribution in [0.25, 0.3) is 0 Å². The SMILES string of the molecule is CCCC(O)(CCC)CC(=O)Nc1cccc(N2CCOCC2)c1. The van der Waals surface area contributed by atoms with E-state index in [9.17, 15) is 9.90 Å². The summed E-state index contributed by atoms with van der Waals surface area (Å²) in [5, 5.41) is 13.6. The molecule has 1 aliphatic heterocycles. The normalized spacial score (nSPS) is 15.4. The second-order valence-corrected chi connectivity index (χ2v) is 6.60. The standard InChI is InChI=1S/C19H30N2O3/c1-3-8-19(23,9-4-2)15-18(22)20-16-6-5-7-17(14-16)21-10-12-24-13-11-21/h5-7,14,23H,3-4,8-13,15H2,1-2H3,(H,20,22). The lowest BCUT2D eigenvalue weighted by Gasteiger charge is -2.29. The Morgan fingerprint density at radius 1 is 1.25 bits per heavy atom. The quantitative estimate of drug-likeness (QED) is 0.766. The van der Waals surface area contributed by atoms with Crippen LogP contribution in [0.3, 0.4) is 0 Å². The summed E-state index contributed by atoms with van der Waals surface area (Å²) >= 11 is 0. The highest BCUT2D eigenvalue weighted by molar-refractivity contribution is 5.91. The number of carbonyl (C=O) groups is 1. The van der Waals surface area contributed by atoms with Gasteiger partial charge in [0.05, 0.1) is 25.2 Å². The molecule has 0 atom stereocenters. The first-order chi connectivity index (χ1) is 11.6. The molecule has 1 amide bonds. The van der Waals surface area contributed by atoms with Gasteiger partial charge in [-0.1, -0.05) is 32.8 Å². The van der Waals surface area contributed by atoms with Crippen LogP contribution in [0.2, 0.25) is 0 Å². The monoisotopic (exact) mass is 334 g/mol. The first kappa shape index (κ1) is 18.7. The maximum absolute atomic E-state index is 12.4. The van der Waals surface area contributed by atoms with Crippen LogP contribution >= 0.6 is 0 Å². The van der Waals surface area contributed by atoms with E-state index in [2.05, 4.69) is 10.2 Å². The van der Waals surface area contributed by atoms with Crippen molar-refractivity contribution in [2.45, 2.75) is 51.6 Å². The minimum atomic E-state index is -0.893. The molecule has 0 spiro atoms. The van der Waals surface area contributed by atoms with Crippen molar-refractivity contribution < 1.29 is 14.6 Å². The van der Waals surface area contributed by atoms with Gasteiger partial charge in [0.2, 0.25) is 5.91 Å². The molecule has 1 aromatic carbocycles. The Hall–Kier alpha value is -1.59. The van der Waals surface area contributed by atoms with E-state index in [4.69, 9.17) is 4.74 Å². The summed E-state index contributed by atoms with van der Waals surface area (Å²) in [5.41, 5.74) is 0.975. The third-order valence-corrected chi connectivity index (χ3v) is 4.43. The van der Waals surface area contributed by atoms with Crippen molar-refractivity contribution in [3.63, 3.8) is 0 Å². The van der Waals surface area contributed by atoms with Gasteiger partial charge in [-0.2, -0.15) is 0 Å². The van der Waals surface area contributed by atoms with Crippen LogP contribution in [-0.2, 0) is 9.53 Å². The molecule has 0 radical (unpaired) electrons. The Labute approximate surface area is 145 Å². The number of amides is 1. The van der Waals surface area contributed by atoms with Crippen LogP contribution in [0.4, 0.5) is 11.4 Å². The van der Waals surface area contributed by atoms with Gasteiger partial charge >= 0.3 is 0 Å². The molecular weight excluding hydrogens is 304 g/mol. The number of ether oxygens (including phenoxy) is 1. The average molecular weight is 334 g/mol. The molecule has 1 aromatic rings. The molecule has 2 rings (SSSR count). The topological polar surface area (TPSA) is 61.8 Å². The van der Waals surface area contributed by atoms with Gasteiger partial charge in [0.25, 0.3) is 0 Å². The smallest absolute Gasteiger partial charge is 0.227 e. The number of anilines is 2.